The zero-order valence-corrected chi connectivity index (χ0v) is 7.24. The Morgan fingerprint density at radius 3 is 3.17 bits per heavy atom. The lowest BCUT2D eigenvalue weighted by molar-refractivity contribution is 0.351. The molecule has 1 atom stereocenters. The van der Waals surface area contributed by atoms with E-state index in [1.807, 2.05) is 23.1 Å². The van der Waals surface area contributed by atoms with Crippen molar-refractivity contribution < 1.29 is 0 Å². The highest BCUT2D eigenvalue weighted by Crippen LogP contribution is 2.08. The largest absolute Gasteiger partial charge is 0.312 e. The van der Waals surface area contributed by atoms with Gasteiger partial charge in [-0.15, -0.1) is 0 Å². The zero-order chi connectivity index (χ0) is 8.23. The van der Waals surface area contributed by atoms with E-state index in [1.54, 1.807) is 0 Å². The molecule has 2 heterocycles. The van der Waals surface area contributed by atoms with Crippen molar-refractivity contribution in [3.63, 3.8) is 0 Å². The van der Waals surface area contributed by atoms with Gasteiger partial charge < -0.3 is 5.32 Å². The highest BCUT2D eigenvalue weighted by atomic mass is 15.3. The van der Waals surface area contributed by atoms with Crippen LogP contribution in [0.4, 0.5) is 0 Å². The molecule has 1 fully saturated rings. The molecule has 0 bridgehead atoms. The maximum atomic E-state index is 4.19. The minimum atomic E-state index is 0.638. The van der Waals surface area contributed by atoms with E-state index in [0.717, 1.165) is 6.54 Å². The molecule has 3 nitrogen and oxygen atoms in total. The molecule has 66 valence electrons. The van der Waals surface area contributed by atoms with E-state index in [2.05, 4.69) is 10.4 Å². The molecule has 3 heteroatoms. The van der Waals surface area contributed by atoms with Crippen molar-refractivity contribution in [3.05, 3.63) is 18.5 Å². The topological polar surface area (TPSA) is 29.9 Å². The Labute approximate surface area is 72.8 Å². The Balaban J connectivity index is 1.86. The van der Waals surface area contributed by atoms with Crippen molar-refractivity contribution in [2.45, 2.75) is 31.8 Å². The number of rotatable bonds is 2. The zero-order valence-electron chi connectivity index (χ0n) is 7.24. The van der Waals surface area contributed by atoms with Crippen LogP contribution in [0.25, 0.3) is 0 Å². The van der Waals surface area contributed by atoms with E-state index in [0.29, 0.717) is 6.04 Å². The fourth-order valence-electron chi connectivity index (χ4n) is 1.71. The molecule has 1 aromatic heterocycles. The van der Waals surface area contributed by atoms with Gasteiger partial charge in [-0.25, -0.2) is 0 Å². The van der Waals surface area contributed by atoms with E-state index in [-0.39, 0.29) is 0 Å². The van der Waals surface area contributed by atoms with E-state index in [1.165, 1.54) is 25.8 Å². The van der Waals surface area contributed by atoms with Crippen molar-refractivity contribution in [1.82, 2.24) is 15.1 Å². The van der Waals surface area contributed by atoms with Gasteiger partial charge in [-0.3, -0.25) is 4.68 Å². The van der Waals surface area contributed by atoms with Gasteiger partial charge in [0.1, 0.15) is 0 Å². The molecule has 1 saturated heterocycles. The molecular weight excluding hydrogens is 150 g/mol. The minimum absolute atomic E-state index is 0.638. The smallest absolute Gasteiger partial charge is 0.0562 e. The number of piperidine rings is 1. The number of nitrogens with one attached hydrogen (secondary N) is 1. The van der Waals surface area contributed by atoms with Crippen molar-refractivity contribution in [2.75, 3.05) is 6.54 Å². The normalized spacial score (nSPS) is 24.2. The van der Waals surface area contributed by atoms with Crippen LogP contribution >= 0.6 is 0 Å². The molecule has 0 radical (unpaired) electrons. The van der Waals surface area contributed by atoms with Crippen LogP contribution in [-0.2, 0) is 6.54 Å². The monoisotopic (exact) mass is 165 g/mol. The maximum Gasteiger partial charge on any atom is 0.0562 e. The fraction of sp³-hybridized carbons (Fsp3) is 0.667. The van der Waals surface area contributed by atoms with Gasteiger partial charge in [-0.05, 0) is 25.5 Å². The van der Waals surface area contributed by atoms with Gasteiger partial charge in [0.25, 0.3) is 0 Å². The van der Waals surface area contributed by atoms with Gasteiger partial charge in [0.2, 0.25) is 0 Å². The standard InChI is InChI=1S/C9H15N3/c1-2-5-10-9(4-1)8-12-7-3-6-11-12/h3,6-7,9-10H,1-2,4-5,8H2. The second-order valence-corrected chi connectivity index (χ2v) is 3.37. The van der Waals surface area contributed by atoms with E-state index in [9.17, 15) is 0 Å². The molecule has 1 aliphatic rings. The number of nitrogens with zero attached hydrogens (tertiary/aromatic N) is 2. The van der Waals surface area contributed by atoms with Gasteiger partial charge in [-0.1, -0.05) is 6.42 Å². The van der Waals surface area contributed by atoms with Crippen LogP contribution < -0.4 is 5.32 Å². The average Bonchev–Trinajstić information content (AvgIpc) is 2.59. The number of hydrogen-bond acceptors (Lipinski definition) is 2. The highest BCUT2D eigenvalue weighted by molar-refractivity contribution is 4.80. The predicted octanol–water partition coefficient (Wildman–Crippen LogP) is 1.03. The quantitative estimate of drug-likeness (QED) is 0.709. The van der Waals surface area contributed by atoms with E-state index in [4.69, 9.17) is 0 Å². The summed E-state index contributed by atoms with van der Waals surface area (Å²) in [6.45, 7) is 2.19. The lowest BCUT2D eigenvalue weighted by atomic mass is 10.1. The summed E-state index contributed by atoms with van der Waals surface area (Å²) >= 11 is 0. The SMILES string of the molecule is c1cnn(CC2CCCCN2)c1. The molecule has 2 rings (SSSR count). The van der Waals surface area contributed by atoms with Crippen LogP contribution in [0.3, 0.4) is 0 Å². The van der Waals surface area contributed by atoms with Crippen LogP contribution in [0.1, 0.15) is 19.3 Å². The summed E-state index contributed by atoms with van der Waals surface area (Å²) in [7, 11) is 0. The Bertz CT molecular complexity index is 212. The van der Waals surface area contributed by atoms with Crippen LogP contribution in [0.2, 0.25) is 0 Å². The Kier molecular flexibility index (Phi) is 2.42. The number of aromatic nitrogens is 2. The third-order valence-electron chi connectivity index (χ3n) is 2.38. The van der Waals surface area contributed by atoms with Crippen molar-refractivity contribution in [2.24, 2.45) is 0 Å². The molecule has 0 amide bonds. The minimum Gasteiger partial charge on any atom is -0.312 e. The van der Waals surface area contributed by atoms with Crippen molar-refractivity contribution in [3.8, 4) is 0 Å². The molecule has 1 unspecified atom stereocenters. The Hall–Kier alpha value is -0.830. The molecular formula is C9H15N3. The summed E-state index contributed by atoms with van der Waals surface area (Å²) in [5.41, 5.74) is 0. The van der Waals surface area contributed by atoms with Crippen molar-refractivity contribution in [1.29, 1.82) is 0 Å². The van der Waals surface area contributed by atoms with Crippen LogP contribution in [0.5, 0.6) is 0 Å². The summed E-state index contributed by atoms with van der Waals surface area (Å²) in [5.74, 6) is 0. The van der Waals surface area contributed by atoms with Gasteiger partial charge in [0.05, 0.1) is 6.54 Å². The second kappa shape index (κ2) is 3.72. The molecule has 1 aromatic rings. The first-order valence-corrected chi connectivity index (χ1v) is 4.66. The Morgan fingerprint density at radius 1 is 1.50 bits per heavy atom. The van der Waals surface area contributed by atoms with Crippen LogP contribution in [0, 0.1) is 0 Å². The fourth-order valence-corrected chi connectivity index (χ4v) is 1.71. The second-order valence-electron chi connectivity index (χ2n) is 3.37. The number of hydrogen-bond donors (Lipinski definition) is 1. The molecule has 0 spiro atoms. The molecule has 0 saturated carbocycles. The van der Waals surface area contributed by atoms with E-state index < -0.39 is 0 Å². The summed E-state index contributed by atoms with van der Waals surface area (Å²) < 4.78 is 2.00. The summed E-state index contributed by atoms with van der Waals surface area (Å²) in [6, 6.07) is 2.61. The maximum absolute atomic E-state index is 4.19. The third-order valence-corrected chi connectivity index (χ3v) is 2.38. The lowest BCUT2D eigenvalue weighted by Crippen LogP contribution is -2.37. The molecule has 0 aliphatic carbocycles. The van der Waals surface area contributed by atoms with Crippen LogP contribution in [-0.4, -0.2) is 22.4 Å². The van der Waals surface area contributed by atoms with Gasteiger partial charge in [-0.2, -0.15) is 5.10 Å². The average molecular weight is 165 g/mol. The van der Waals surface area contributed by atoms with Crippen LogP contribution in [0.15, 0.2) is 18.5 Å². The van der Waals surface area contributed by atoms with Crippen molar-refractivity contribution >= 4 is 0 Å². The Morgan fingerprint density at radius 2 is 2.50 bits per heavy atom. The van der Waals surface area contributed by atoms with Gasteiger partial charge in [0, 0.05) is 18.4 Å². The molecule has 12 heavy (non-hydrogen) atoms. The van der Waals surface area contributed by atoms with Gasteiger partial charge in [0.15, 0.2) is 0 Å². The summed E-state index contributed by atoms with van der Waals surface area (Å²) in [5, 5.41) is 7.68. The first-order chi connectivity index (χ1) is 5.95. The van der Waals surface area contributed by atoms with E-state index >= 15 is 0 Å². The molecule has 1 aliphatic heterocycles. The predicted molar refractivity (Wildman–Crippen MR) is 47.9 cm³/mol. The first-order valence-electron chi connectivity index (χ1n) is 4.66. The first kappa shape index (κ1) is 7.80. The molecule has 1 N–H and O–H groups in total. The molecule has 0 aromatic carbocycles. The summed E-state index contributed by atoms with van der Waals surface area (Å²) in [4.78, 5) is 0. The lowest BCUT2D eigenvalue weighted by Gasteiger charge is -2.23. The highest BCUT2D eigenvalue weighted by Gasteiger charge is 2.12. The third kappa shape index (κ3) is 1.85. The summed E-state index contributed by atoms with van der Waals surface area (Å²) in [6.07, 6.45) is 7.84. The van der Waals surface area contributed by atoms with Gasteiger partial charge >= 0.3 is 0 Å².